The van der Waals surface area contributed by atoms with Crippen molar-refractivity contribution in [1.82, 2.24) is 0 Å². The lowest BCUT2D eigenvalue weighted by Crippen LogP contribution is -1.60. The second kappa shape index (κ2) is 1.87. The molecule has 0 aliphatic rings. The maximum Gasteiger partial charge on any atom is 0.0198 e. The Kier molecular flexibility index (Phi) is 1.17. The lowest BCUT2D eigenvalue weighted by atomic mass is 10.6. The summed E-state index contributed by atoms with van der Waals surface area (Å²) in [6.07, 6.45) is 0. The van der Waals surface area contributed by atoms with Crippen molar-refractivity contribution in [3.05, 3.63) is 29.6 Å². The quantitative estimate of drug-likeness (QED) is 0.423. The van der Waals surface area contributed by atoms with E-state index in [-0.39, 0.29) is 1.43 Å². The molecule has 0 radical (unpaired) electrons. The SMILES string of the molecule is [HH].c1cc[siH]cc1. The van der Waals surface area contributed by atoms with Crippen LogP contribution in [-0.2, 0) is 0 Å². The van der Waals surface area contributed by atoms with Gasteiger partial charge in [-0.15, -0.1) is 0 Å². The predicted octanol–water partition coefficient (Wildman–Crippen LogP) is 1.00. The van der Waals surface area contributed by atoms with Crippen molar-refractivity contribution in [3.8, 4) is 0 Å². The van der Waals surface area contributed by atoms with E-state index >= 15 is 0 Å². The van der Waals surface area contributed by atoms with Crippen LogP contribution in [0.3, 0.4) is 0 Å². The average molecular weight is 96.2 g/mol. The van der Waals surface area contributed by atoms with E-state index in [9.17, 15) is 0 Å². The second-order valence-corrected chi connectivity index (χ2v) is 2.31. The first-order valence-electron chi connectivity index (χ1n) is 2.00. The monoisotopic (exact) mass is 96.0 g/mol. The average Bonchev–Trinajstić information content (AvgIpc) is 1.72. The van der Waals surface area contributed by atoms with Crippen molar-refractivity contribution >= 4 is 9.12 Å². The second-order valence-electron chi connectivity index (χ2n) is 1.15. The van der Waals surface area contributed by atoms with Gasteiger partial charge < -0.3 is 0 Å². The molecule has 32 valence electrons. The fourth-order valence-corrected chi connectivity index (χ4v) is 1.03. The Balaban J connectivity index is 0.000000360. The molecular weight excluding hydrogens is 88.1 g/mol. The van der Waals surface area contributed by atoms with Gasteiger partial charge in [-0.2, -0.15) is 0 Å². The standard InChI is InChI=1S/C5H6Si.H2/c1-2-4-6-5-3-1;/h1-6H;1H. The van der Waals surface area contributed by atoms with Crippen molar-refractivity contribution in [2.45, 2.75) is 0 Å². The molecule has 1 heterocycles. The van der Waals surface area contributed by atoms with Crippen molar-refractivity contribution in [2.75, 3.05) is 0 Å². The fraction of sp³-hybridized carbons (Fsp3) is 0. The minimum Gasteiger partial charge on any atom is -0.0805 e. The normalized spacial score (nSPS) is 8.00. The molecule has 0 nitrogen and oxygen atoms in total. The van der Waals surface area contributed by atoms with E-state index in [2.05, 4.69) is 29.6 Å². The van der Waals surface area contributed by atoms with E-state index in [1.165, 1.54) is 0 Å². The van der Waals surface area contributed by atoms with Gasteiger partial charge in [-0.3, -0.25) is 0 Å². The van der Waals surface area contributed by atoms with Crippen molar-refractivity contribution < 1.29 is 1.43 Å². The molecule has 0 bridgehead atoms. The van der Waals surface area contributed by atoms with E-state index in [0.717, 1.165) is 0 Å². The van der Waals surface area contributed by atoms with Gasteiger partial charge >= 0.3 is 0 Å². The molecule has 0 saturated heterocycles. The van der Waals surface area contributed by atoms with Crippen LogP contribution in [0.2, 0.25) is 0 Å². The Morgan fingerprint density at radius 3 is 1.83 bits per heavy atom. The zero-order valence-corrected chi connectivity index (χ0v) is 4.62. The summed E-state index contributed by atoms with van der Waals surface area (Å²) in [5.41, 5.74) is 4.42. The van der Waals surface area contributed by atoms with Gasteiger partial charge in [-0.25, -0.2) is 0 Å². The van der Waals surface area contributed by atoms with Gasteiger partial charge in [-0.05, 0) is 0 Å². The Bertz CT molecular complexity index is 80.0. The smallest absolute Gasteiger partial charge is 0.0198 e. The summed E-state index contributed by atoms with van der Waals surface area (Å²) in [7, 11) is 0.513. The molecule has 0 fully saturated rings. The van der Waals surface area contributed by atoms with E-state index in [1.54, 1.807) is 0 Å². The van der Waals surface area contributed by atoms with Gasteiger partial charge in [-0.1, -0.05) is 29.6 Å². The molecule has 0 amide bonds. The molecule has 0 spiro atoms. The highest BCUT2D eigenvalue weighted by molar-refractivity contribution is 6.26. The summed E-state index contributed by atoms with van der Waals surface area (Å²) in [6, 6.07) is 6.24. The third-order valence-electron chi connectivity index (χ3n) is 0.667. The molecule has 1 aromatic heterocycles. The first-order chi connectivity index (χ1) is 3.00. The van der Waals surface area contributed by atoms with E-state index in [4.69, 9.17) is 0 Å². The summed E-state index contributed by atoms with van der Waals surface area (Å²) in [4.78, 5) is 0. The van der Waals surface area contributed by atoms with Gasteiger partial charge in [0.05, 0.1) is 0 Å². The zero-order valence-electron chi connectivity index (χ0n) is 3.46. The molecule has 1 rings (SSSR count). The molecule has 1 aromatic rings. The topological polar surface area (TPSA) is 0 Å². The highest BCUT2D eigenvalue weighted by atomic mass is 28.2. The highest BCUT2D eigenvalue weighted by Gasteiger charge is 1.58. The van der Waals surface area contributed by atoms with Crippen LogP contribution in [0.4, 0.5) is 0 Å². The minimum absolute atomic E-state index is 0. The maximum atomic E-state index is 2.21. The van der Waals surface area contributed by atoms with Crippen LogP contribution in [0.25, 0.3) is 0 Å². The molecule has 0 aromatic carbocycles. The van der Waals surface area contributed by atoms with E-state index in [1.807, 2.05) is 0 Å². The highest BCUT2D eigenvalue weighted by Crippen LogP contribution is 1.73. The first kappa shape index (κ1) is 3.75. The lowest BCUT2D eigenvalue weighted by Gasteiger charge is -1.69. The third-order valence-corrected chi connectivity index (χ3v) is 1.56. The largest absolute Gasteiger partial charge is 0.0805 e. The van der Waals surface area contributed by atoms with E-state index in [0.29, 0.717) is 9.12 Å². The minimum atomic E-state index is 0. The lowest BCUT2D eigenvalue weighted by molar-refractivity contribution is 1.87. The van der Waals surface area contributed by atoms with Gasteiger partial charge in [0.15, 0.2) is 0 Å². The summed E-state index contributed by atoms with van der Waals surface area (Å²) in [5.74, 6) is 0. The number of rotatable bonds is 0. The molecule has 1 heteroatoms. The summed E-state index contributed by atoms with van der Waals surface area (Å²) < 4.78 is 0. The van der Waals surface area contributed by atoms with Crippen LogP contribution in [0.1, 0.15) is 1.43 Å². The van der Waals surface area contributed by atoms with Gasteiger partial charge in [0.2, 0.25) is 0 Å². The fourth-order valence-electron chi connectivity index (χ4n) is 0.385. The summed E-state index contributed by atoms with van der Waals surface area (Å²) >= 11 is 0. The Morgan fingerprint density at radius 2 is 1.67 bits per heavy atom. The predicted molar refractivity (Wildman–Crippen MR) is 31.3 cm³/mol. The Morgan fingerprint density at radius 1 is 1.00 bits per heavy atom. The van der Waals surface area contributed by atoms with Gasteiger partial charge in [0.25, 0.3) is 0 Å². The maximum absolute atomic E-state index is 2.21. The van der Waals surface area contributed by atoms with Crippen molar-refractivity contribution in [2.24, 2.45) is 0 Å². The van der Waals surface area contributed by atoms with Crippen LogP contribution < -0.4 is 0 Å². The molecule has 0 N–H and O–H groups in total. The molecule has 0 aliphatic heterocycles. The third kappa shape index (κ3) is 0.758. The van der Waals surface area contributed by atoms with E-state index < -0.39 is 0 Å². The zero-order chi connectivity index (χ0) is 4.24. The number of hydrogen-bond acceptors (Lipinski definition) is 0. The van der Waals surface area contributed by atoms with Crippen molar-refractivity contribution in [3.63, 3.8) is 0 Å². The molecule has 0 unspecified atom stereocenters. The van der Waals surface area contributed by atoms with Crippen LogP contribution >= 0.6 is 0 Å². The van der Waals surface area contributed by atoms with Crippen LogP contribution in [0.5, 0.6) is 0 Å². The van der Waals surface area contributed by atoms with Crippen LogP contribution in [0.15, 0.2) is 29.6 Å². The first-order valence-corrected chi connectivity index (χ1v) is 3.33. The van der Waals surface area contributed by atoms with Gasteiger partial charge in [0.1, 0.15) is 0 Å². The molecule has 0 aliphatic carbocycles. The van der Waals surface area contributed by atoms with Crippen LogP contribution in [0, 0.1) is 0 Å². The Hall–Kier alpha value is -0.433. The molecule has 6 heavy (non-hydrogen) atoms. The summed E-state index contributed by atoms with van der Waals surface area (Å²) in [5, 5.41) is 0. The molecular formula is C5H8Si. The molecule has 0 saturated carbocycles. The Labute approximate surface area is 41.1 Å². The summed E-state index contributed by atoms with van der Waals surface area (Å²) in [6.45, 7) is 0. The van der Waals surface area contributed by atoms with Crippen LogP contribution in [-0.4, -0.2) is 9.12 Å². The van der Waals surface area contributed by atoms with Gasteiger partial charge in [0, 0.05) is 10.5 Å². The molecule has 0 atom stereocenters. The van der Waals surface area contributed by atoms with Crippen molar-refractivity contribution in [1.29, 1.82) is 0 Å². The number of hydrogen-bond donors (Lipinski definition) is 0.